The highest BCUT2D eigenvalue weighted by Crippen LogP contribution is 2.43. The third kappa shape index (κ3) is 1.35. The molecule has 68 valence electrons. The number of fused-ring (bicyclic) bond motifs is 1. The van der Waals surface area contributed by atoms with E-state index in [4.69, 9.17) is 4.74 Å². The topological polar surface area (TPSA) is 26.3 Å². The summed E-state index contributed by atoms with van der Waals surface area (Å²) >= 11 is 0. The van der Waals surface area contributed by atoms with Crippen molar-refractivity contribution in [3.05, 3.63) is 0 Å². The largest absolute Gasteiger partial charge is 0.464 e. The fourth-order valence-electron chi connectivity index (χ4n) is 2.92. The maximum Gasteiger partial charge on any atom is 0.293 e. The van der Waals surface area contributed by atoms with Gasteiger partial charge in [-0.2, -0.15) is 0 Å². The first-order chi connectivity index (χ1) is 5.92. The number of hydrogen-bond donors (Lipinski definition) is 0. The molecule has 2 fully saturated rings. The average Bonchev–Trinajstić information content (AvgIpc) is 2.50. The first kappa shape index (κ1) is 8.09. The van der Waals surface area contributed by atoms with Gasteiger partial charge in [-0.05, 0) is 31.1 Å². The molecule has 0 spiro atoms. The molecule has 0 saturated heterocycles. The van der Waals surface area contributed by atoms with Crippen molar-refractivity contribution in [3.8, 4) is 0 Å². The van der Waals surface area contributed by atoms with E-state index in [0.717, 1.165) is 12.3 Å². The molecule has 2 nitrogen and oxygen atoms in total. The first-order valence-electron chi connectivity index (χ1n) is 5.01. The van der Waals surface area contributed by atoms with Crippen molar-refractivity contribution >= 4 is 6.47 Å². The second-order valence-corrected chi connectivity index (χ2v) is 4.06. The molecule has 0 aliphatic heterocycles. The van der Waals surface area contributed by atoms with Crippen LogP contribution in [0, 0.1) is 11.8 Å². The van der Waals surface area contributed by atoms with Gasteiger partial charge in [-0.15, -0.1) is 0 Å². The molecule has 0 N–H and O–H groups in total. The van der Waals surface area contributed by atoms with Gasteiger partial charge < -0.3 is 4.74 Å². The van der Waals surface area contributed by atoms with Crippen molar-refractivity contribution in [2.75, 3.05) is 0 Å². The SMILES string of the molecule is O=COC1CCC2CCCCC21. The maximum atomic E-state index is 10.2. The van der Waals surface area contributed by atoms with E-state index >= 15 is 0 Å². The van der Waals surface area contributed by atoms with Crippen LogP contribution in [0.2, 0.25) is 0 Å². The lowest BCUT2D eigenvalue weighted by atomic mass is 9.81. The van der Waals surface area contributed by atoms with Crippen molar-refractivity contribution in [1.82, 2.24) is 0 Å². The van der Waals surface area contributed by atoms with Gasteiger partial charge in [0, 0.05) is 0 Å². The molecule has 0 aromatic carbocycles. The van der Waals surface area contributed by atoms with Crippen LogP contribution in [0.1, 0.15) is 38.5 Å². The standard InChI is InChI=1S/C10H16O2/c11-7-12-10-6-5-8-3-1-2-4-9(8)10/h7-10H,1-6H2. The summed E-state index contributed by atoms with van der Waals surface area (Å²) in [5.74, 6) is 1.56. The van der Waals surface area contributed by atoms with E-state index in [1.54, 1.807) is 0 Å². The molecule has 2 aliphatic carbocycles. The van der Waals surface area contributed by atoms with E-state index in [1.807, 2.05) is 0 Å². The van der Waals surface area contributed by atoms with Crippen molar-refractivity contribution < 1.29 is 9.53 Å². The third-order valence-electron chi connectivity index (χ3n) is 3.50. The molecule has 0 bridgehead atoms. The highest BCUT2D eigenvalue weighted by Gasteiger charge is 2.38. The molecule has 2 rings (SSSR count). The molecule has 0 aromatic heterocycles. The number of hydrogen-bond acceptors (Lipinski definition) is 2. The van der Waals surface area contributed by atoms with E-state index in [2.05, 4.69) is 0 Å². The quantitative estimate of drug-likeness (QED) is 0.590. The summed E-state index contributed by atoms with van der Waals surface area (Å²) < 4.78 is 5.09. The fraction of sp³-hybridized carbons (Fsp3) is 0.900. The summed E-state index contributed by atoms with van der Waals surface area (Å²) in [7, 11) is 0. The lowest BCUT2D eigenvalue weighted by Gasteiger charge is -2.27. The molecule has 0 radical (unpaired) electrons. The van der Waals surface area contributed by atoms with Crippen molar-refractivity contribution in [2.24, 2.45) is 11.8 Å². The summed E-state index contributed by atoms with van der Waals surface area (Å²) in [6, 6.07) is 0. The summed E-state index contributed by atoms with van der Waals surface area (Å²) in [5.41, 5.74) is 0. The van der Waals surface area contributed by atoms with Crippen LogP contribution < -0.4 is 0 Å². The molecule has 0 aromatic rings. The van der Waals surface area contributed by atoms with Gasteiger partial charge in [-0.25, -0.2) is 0 Å². The van der Waals surface area contributed by atoms with E-state index < -0.39 is 0 Å². The molecule has 3 atom stereocenters. The first-order valence-corrected chi connectivity index (χ1v) is 5.01. The van der Waals surface area contributed by atoms with Crippen LogP contribution >= 0.6 is 0 Å². The Morgan fingerprint density at radius 2 is 1.92 bits per heavy atom. The summed E-state index contributed by atoms with van der Waals surface area (Å²) in [6.45, 7) is 0.627. The van der Waals surface area contributed by atoms with E-state index in [9.17, 15) is 4.79 Å². The van der Waals surface area contributed by atoms with Gasteiger partial charge in [-0.1, -0.05) is 19.3 Å². The third-order valence-corrected chi connectivity index (χ3v) is 3.50. The zero-order chi connectivity index (χ0) is 8.39. The molecule has 3 unspecified atom stereocenters. The van der Waals surface area contributed by atoms with Crippen LogP contribution in [0.5, 0.6) is 0 Å². The number of ether oxygens (including phenoxy) is 1. The van der Waals surface area contributed by atoms with E-state index in [-0.39, 0.29) is 6.10 Å². The van der Waals surface area contributed by atoms with Gasteiger partial charge in [0.1, 0.15) is 6.10 Å². The highest BCUT2D eigenvalue weighted by atomic mass is 16.5. The van der Waals surface area contributed by atoms with Crippen LogP contribution in [0.3, 0.4) is 0 Å². The second-order valence-electron chi connectivity index (χ2n) is 4.06. The Morgan fingerprint density at radius 1 is 1.08 bits per heavy atom. The Labute approximate surface area is 73.3 Å². The predicted molar refractivity (Wildman–Crippen MR) is 45.6 cm³/mol. The summed E-state index contributed by atoms with van der Waals surface area (Å²) in [4.78, 5) is 10.2. The lowest BCUT2D eigenvalue weighted by Crippen LogP contribution is -2.24. The van der Waals surface area contributed by atoms with Gasteiger partial charge in [0.25, 0.3) is 6.47 Å². The van der Waals surface area contributed by atoms with E-state index in [1.165, 1.54) is 32.1 Å². The summed E-state index contributed by atoms with van der Waals surface area (Å²) in [6.07, 6.45) is 8.01. The molecule has 12 heavy (non-hydrogen) atoms. The van der Waals surface area contributed by atoms with Gasteiger partial charge in [0.05, 0.1) is 0 Å². The summed E-state index contributed by atoms with van der Waals surface area (Å²) in [5, 5.41) is 0. The van der Waals surface area contributed by atoms with Crippen LogP contribution in [-0.2, 0) is 9.53 Å². The Kier molecular flexibility index (Phi) is 2.33. The van der Waals surface area contributed by atoms with Gasteiger partial charge in [-0.3, -0.25) is 4.79 Å². The van der Waals surface area contributed by atoms with Crippen molar-refractivity contribution in [3.63, 3.8) is 0 Å². The van der Waals surface area contributed by atoms with Crippen molar-refractivity contribution in [1.29, 1.82) is 0 Å². The molecular formula is C10H16O2. The fourth-order valence-corrected chi connectivity index (χ4v) is 2.92. The molecule has 2 heteroatoms. The molecule has 2 aliphatic rings. The number of carbonyl (C=O) groups is 1. The second kappa shape index (κ2) is 3.46. The minimum Gasteiger partial charge on any atom is -0.464 e. The molecule has 2 saturated carbocycles. The zero-order valence-electron chi connectivity index (χ0n) is 7.37. The van der Waals surface area contributed by atoms with Crippen molar-refractivity contribution in [2.45, 2.75) is 44.6 Å². The van der Waals surface area contributed by atoms with Crippen LogP contribution in [0.25, 0.3) is 0 Å². The highest BCUT2D eigenvalue weighted by molar-refractivity contribution is 5.37. The van der Waals surface area contributed by atoms with Crippen LogP contribution in [0.4, 0.5) is 0 Å². The normalized spacial score (nSPS) is 40.5. The maximum absolute atomic E-state index is 10.2. The minimum absolute atomic E-state index is 0.257. The average molecular weight is 168 g/mol. The zero-order valence-corrected chi connectivity index (χ0v) is 7.37. The predicted octanol–water partition coefficient (Wildman–Crippen LogP) is 2.13. The van der Waals surface area contributed by atoms with Gasteiger partial charge in [0.2, 0.25) is 0 Å². The molecular weight excluding hydrogens is 152 g/mol. The monoisotopic (exact) mass is 168 g/mol. The Morgan fingerprint density at radius 3 is 2.75 bits per heavy atom. The minimum atomic E-state index is 0.257. The van der Waals surface area contributed by atoms with Crippen LogP contribution in [-0.4, -0.2) is 12.6 Å². The van der Waals surface area contributed by atoms with Gasteiger partial charge >= 0.3 is 0 Å². The molecule has 0 heterocycles. The smallest absolute Gasteiger partial charge is 0.293 e. The van der Waals surface area contributed by atoms with Gasteiger partial charge in [0.15, 0.2) is 0 Å². The number of carbonyl (C=O) groups excluding carboxylic acids is 1. The number of rotatable bonds is 2. The lowest BCUT2D eigenvalue weighted by molar-refractivity contribution is -0.135. The Balaban J connectivity index is 1.96. The van der Waals surface area contributed by atoms with E-state index in [0.29, 0.717) is 12.4 Å². The Hall–Kier alpha value is -0.530. The Bertz CT molecular complexity index is 167. The van der Waals surface area contributed by atoms with Crippen LogP contribution in [0.15, 0.2) is 0 Å². The molecule has 0 amide bonds.